The van der Waals surface area contributed by atoms with E-state index in [1.54, 1.807) is 6.07 Å². The molecule has 38 heavy (non-hydrogen) atoms. The van der Waals surface area contributed by atoms with Gasteiger partial charge >= 0.3 is 0 Å². The van der Waals surface area contributed by atoms with Crippen molar-refractivity contribution < 1.29 is 9.59 Å². The SMILES string of the molecule is CC1CN(c2cc(Cl)nc(SCC(=O)N3CCN(Cc4ccccc4)CC3)n2)CCN1C(=O)C1CCCC1. The van der Waals surface area contributed by atoms with Crippen molar-refractivity contribution in [1.29, 1.82) is 0 Å². The van der Waals surface area contributed by atoms with Crippen LogP contribution in [0, 0.1) is 5.92 Å². The molecule has 2 amide bonds. The van der Waals surface area contributed by atoms with Gasteiger partial charge in [-0.2, -0.15) is 0 Å². The van der Waals surface area contributed by atoms with Crippen molar-refractivity contribution in [1.82, 2.24) is 24.7 Å². The predicted octanol–water partition coefficient (Wildman–Crippen LogP) is 3.79. The Morgan fingerprint density at radius 3 is 2.45 bits per heavy atom. The Hall–Kier alpha value is -2.36. The zero-order valence-electron chi connectivity index (χ0n) is 22.1. The molecule has 0 bridgehead atoms. The van der Waals surface area contributed by atoms with Gasteiger partial charge in [0.25, 0.3) is 0 Å². The highest BCUT2D eigenvalue weighted by molar-refractivity contribution is 7.99. The van der Waals surface area contributed by atoms with Crippen LogP contribution in [0.4, 0.5) is 5.82 Å². The lowest BCUT2D eigenvalue weighted by Crippen LogP contribution is -2.55. The number of amides is 2. The van der Waals surface area contributed by atoms with Crippen LogP contribution < -0.4 is 4.90 Å². The average molecular weight is 557 g/mol. The molecule has 0 spiro atoms. The molecule has 10 heteroatoms. The number of halogens is 1. The van der Waals surface area contributed by atoms with Crippen molar-refractivity contribution >= 4 is 41.0 Å². The fourth-order valence-corrected chi connectivity index (χ4v) is 6.71. The number of piperazine rings is 2. The van der Waals surface area contributed by atoms with Crippen LogP contribution in [-0.2, 0) is 16.1 Å². The summed E-state index contributed by atoms with van der Waals surface area (Å²) in [5.74, 6) is 1.66. The number of carbonyl (C=O) groups is 2. The number of carbonyl (C=O) groups excluding carboxylic acids is 2. The quantitative estimate of drug-likeness (QED) is 0.292. The molecule has 2 aromatic rings. The molecule has 1 saturated carbocycles. The van der Waals surface area contributed by atoms with Crippen LogP contribution in [0.15, 0.2) is 41.6 Å². The molecule has 3 fully saturated rings. The standard InChI is InChI=1S/C28H37ClN6O2S/c1-21-18-34(15-16-35(21)27(37)23-9-5-6-10-23)25-17-24(29)30-28(31-25)38-20-26(36)33-13-11-32(12-14-33)19-22-7-3-2-4-8-22/h2-4,7-8,17,21,23H,5-6,9-16,18-20H2,1H3. The van der Waals surface area contributed by atoms with Gasteiger partial charge in [0.2, 0.25) is 11.8 Å². The van der Waals surface area contributed by atoms with Crippen LogP contribution in [0.5, 0.6) is 0 Å². The molecule has 1 aromatic carbocycles. The highest BCUT2D eigenvalue weighted by Crippen LogP contribution is 2.29. The van der Waals surface area contributed by atoms with Crippen molar-refractivity contribution in [3.05, 3.63) is 47.1 Å². The molecule has 0 N–H and O–H groups in total. The van der Waals surface area contributed by atoms with Crippen molar-refractivity contribution in [3.8, 4) is 0 Å². The van der Waals surface area contributed by atoms with E-state index in [4.69, 9.17) is 16.6 Å². The first-order valence-corrected chi connectivity index (χ1v) is 15.1. The van der Waals surface area contributed by atoms with Crippen molar-refractivity contribution in [3.63, 3.8) is 0 Å². The normalized spacial score (nSPS) is 21.2. The zero-order chi connectivity index (χ0) is 26.5. The summed E-state index contributed by atoms with van der Waals surface area (Å²) in [4.78, 5) is 43.5. The number of aromatic nitrogens is 2. The maximum absolute atomic E-state index is 13.0. The molecule has 1 aromatic heterocycles. The van der Waals surface area contributed by atoms with Crippen LogP contribution >= 0.6 is 23.4 Å². The third kappa shape index (κ3) is 6.79. The lowest BCUT2D eigenvalue weighted by molar-refractivity contribution is -0.137. The summed E-state index contributed by atoms with van der Waals surface area (Å²) in [6.45, 7) is 8.34. The van der Waals surface area contributed by atoms with E-state index in [1.165, 1.54) is 17.3 Å². The van der Waals surface area contributed by atoms with E-state index >= 15 is 0 Å². The second-order valence-electron chi connectivity index (χ2n) is 10.6. The smallest absolute Gasteiger partial charge is 0.233 e. The van der Waals surface area contributed by atoms with E-state index in [2.05, 4.69) is 46.0 Å². The van der Waals surface area contributed by atoms with Gasteiger partial charge in [-0.05, 0) is 25.3 Å². The summed E-state index contributed by atoms with van der Waals surface area (Å²) in [7, 11) is 0. The van der Waals surface area contributed by atoms with Crippen LogP contribution in [-0.4, -0.2) is 94.1 Å². The Morgan fingerprint density at radius 1 is 1.00 bits per heavy atom. The number of thioether (sulfide) groups is 1. The molecule has 8 nitrogen and oxygen atoms in total. The van der Waals surface area contributed by atoms with Gasteiger partial charge in [-0.25, -0.2) is 9.97 Å². The largest absolute Gasteiger partial charge is 0.353 e. The molecule has 5 rings (SSSR count). The summed E-state index contributed by atoms with van der Waals surface area (Å²) in [6, 6.07) is 12.3. The molecule has 3 aliphatic rings. The summed E-state index contributed by atoms with van der Waals surface area (Å²) in [5, 5.41) is 0.886. The number of rotatable bonds is 7. The average Bonchev–Trinajstić information content (AvgIpc) is 3.47. The summed E-state index contributed by atoms with van der Waals surface area (Å²) < 4.78 is 0. The number of hydrogen-bond donors (Lipinski definition) is 0. The second-order valence-corrected chi connectivity index (χ2v) is 11.9. The Bertz CT molecular complexity index is 1110. The summed E-state index contributed by atoms with van der Waals surface area (Å²) in [5.41, 5.74) is 1.30. The first-order chi connectivity index (χ1) is 18.5. The van der Waals surface area contributed by atoms with E-state index in [0.29, 0.717) is 41.6 Å². The summed E-state index contributed by atoms with van der Waals surface area (Å²) >= 11 is 7.70. The van der Waals surface area contributed by atoms with Gasteiger partial charge < -0.3 is 14.7 Å². The van der Waals surface area contributed by atoms with Crippen LogP contribution in [0.1, 0.15) is 38.2 Å². The number of benzene rings is 1. The molecular weight excluding hydrogens is 520 g/mol. The first kappa shape index (κ1) is 27.2. The third-order valence-corrected chi connectivity index (χ3v) is 8.92. The van der Waals surface area contributed by atoms with Gasteiger partial charge in [-0.3, -0.25) is 14.5 Å². The molecule has 1 aliphatic carbocycles. The highest BCUT2D eigenvalue weighted by atomic mass is 35.5. The molecular formula is C28H37ClN6O2S. The topological polar surface area (TPSA) is 72.9 Å². The van der Waals surface area contributed by atoms with Gasteiger partial charge in [0.15, 0.2) is 5.16 Å². The van der Waals surface area contributed by atoms with Gasteiger partial charge in [0.1, 0.15) is 11.0 Å². The molecule has 1 atom stereocenters. The zero-order valence-corrected chi connectivity index (χ0v) is 23.7. The van der Waals surface area contributed by atoms with E-state index in [1.807, 2.05) is 15.9 Å². The van der Waals surface area contributed by atoms with Crippen molar-refractivity contribution in [2.75, 3.05) is 56.5 Å². The van der Waals surface area contributed by atoms with Crippen molar-refractivity contribution in [2.45, 2.75) is 50.4 Å². The molecule has 1 unspecified atom stereocenters. The maximum atomic E-state index is 13.0. The molecule has 2 aliphatic heterocycles. The van der Waals surface area contributed by atoms with Crippen LogP contribution in [0.2, 0.25) is 5.15 Å². The molecule has 3 heterocycles. The minimum Gasteiger partial charge on any atom is -0.353 e. The first-order valence-electron chi connectivity index (χ1n) is 13.7. The fraction of sp³-hybridized carbons (Fsp3) is 0.571. The van der Waals surface area contributed by atoms with E-state index < -0.39 is 0 Å². The van der Waals surface area contributed by atoms with Gasteiger partial charge in [0, 0.05) is 70.4 Å². The number of hydrogen-bond acceptors (Lipinski definition) is 7. The Balaban J connectivity index is 1.11. The third-order valence-electron chi connectivity index (χ3n) is 7.90. The van der Waals surface area contributed by atoms with Crippen LogP contribution in [0.25, 0.3) is 0 Å². The number of anilines is 1. The molecule has 204 valence electrons. The Labute approximate surface area is 234 Å². The minimum atomic E-state index is 0.104. The summed E-state index contributed by atoms with van der Waals surface area (Å²) in [6.07, 6.45) is 4.38. The molecule has 2 saturated heterocycles. The van der Waals surface area contributed by atoms with E-state index in [-0.39, 0.29) is 17.9 Å². The Morgan fingerprint density at radius 2 is 1.74 bits per heavy atom. The molecule has 0 radical (unpaired) electrons. The lowest BCUT2D eigenvalue weighted by Gasteiger charge is -2.41. The minimum absolute atomic E-state index is 0.104. The lowest BCUT2D eigenvalue weighted by atomic mass is 10.0. The highest BCUT2D eigenvalue weighted by Gasteiger charge is 2.33. The van der Waals surface area contributed by atoms with Gasteiger partial charge in [-0.15, -0.1) is 0 Å². The van der Waals surface area contributed by atoms with Gasteiger partial charge in [0.05, 0.1) is 5.75 Å². The van der Waals surface area contributed by atoms with Gasteiger partial charge in [-0.1, -0.05) is 66.5 Å². The van der Waals surface area contributed by atoms with Crippen LogP contribution in [0.3, 0.4) is 0 Å². The number of nitrogens with zero attached hydrogens (tertiary/aromatic N) is 6. The second kappa shape index (κ2) is 12.7. The van der Waals surface area contributed by atoms with Crippen molar-refractivity contribution in [2.24, 2.45) is 5.92 Å². The monoisotopic (exact) mass is 556 g/mol. The maximum Gasteiger partial charge on any atom is 0.233 e. The fourth-order valence-electron chi connectivity index (χ4n) is 5.73. The Kier molecular flexibility index (Phi) is 9.07. The van der Waals surface area contributed by atoms with E-state index in [9.17, 15) is 9.59 Å². The van der Waals surface area contributed by atoms with E-state index in [0.717, 1.165) is 64.2 Å². The predicted molar refractivity (Wildman–Crippen MR) is 151 cm³/mol.